The lowest BCUT2D eigenvalue weighted by Crippen LogP contribution is -2.33. The maximum Gasteiger partial charge on any atom is 0.218 e. The predicted molar refractivity (Wildman–Crippen MR) is 81.8 cm³/mol. The van der Waals surface area contributed by atoms with Gasteiger partial charge in [-0.25, -0.2) is 12.7 Å². The lowest BCUT2D eigenvalue weighted by molar-refractivity contribution is 0.411. The van der Waals surface area contributed by atoms with E-state index < -0.39 is 10.0 Å². The summed E-state index contributed by atoms with van der Waals surface area (Å²) in [5.74, 6) is 0.690. The first kappa shape index (κ1) is 15.5. The van der Waals surface area contributed by atoms with Crippen LogP contribution < -0.4 is 5.32 Å². The second kappa shape index (κ2) is 6.70. The third-order valence-electron chi connectivity index (χ3n) is 3.66. The average Bonchev–Trinajstić information content (AvgIpc) is 3.22. The molecule has 1 aliphatic carbocycles. The van der Waals surface area contributed by atoms with Crippen LogP contribution in [0.4, 0.5) is 0 Å². The molecule has 1 aromatic carbocycles. The predicted octanol–water partition coefficient (Wildman–Crippen LogP) is 1.97. The normalized spacial score (nSPS) is 15.8. The molecule has 0 aliphatic heterocycles. The Labute approximate surface area is 122 Å². The number of hydrogen-bond acceptors (Lipinski definition) is 3. The summed E-state index contributed by atoms with van der Waals surface area (Å²) in [7, 11) is -1.29. The molecule has 0 spiro atoms. The van der Waals surface area contributed by atoms with Gasteiger partial charge >= 0.3 is 0 Å². The fraction of sp³-hybridized carbons (Fsp3) is 0.600. The van der Waals surface area contributed by atoms with Gasteiger partial charge in [0.25, 0.3) is 0 Å². The summed E-state index contributed by atoms with van der Waals surface area (Å²) in [5.41, 5.74) is 2.03. The Balaban J connectivity index is 2.02. The first-order chi connectivity index (χ1) is 9.55. The minimum absolute atomic E-state index is 0.105. The summed E-state index contributed by atoms with van der Waals surface area (Å²) >= 11 is 0. The van der Waals surface area contributed by atoms with E-state index in [1.165, 1.54) is 18.4 Å². The first-order valence-corrected chi connectivity index (χ1v) is 8.86. The Morgan fingerprint density at radius 1 is 1.20 bits per heavy atom. The van der Waals surface area contributed by atoms with Gasteiger partial charge in [0.2, 0.25) is 10.0 Å². The lowest BCUT2D eigenvalue weighted by Gasteiger charge is -2.20. The maximum atomic E-state index is 12.4. The van der Waals surface area contributed by atoms with Gasteiger partial charge in [-0.05, 0) is 36.9 Å². The Kier molecular flexibility index (Phi) is 5.18. The standard InChI is InChI=1S/C15H24N2O2S/c1-3-17(11-14-6-7-14)20(18,19)12-15-8-4-13(5-9-15)10-16-2/h4-5,8-9,14,16H,3,6-7,10-12H2,1-2H3. The summed E-state index contributed by atoms with van der Waals surface area (Å²) < 4.78 is 26.5. The highest BCUT2D eigenvalue weighted by Crippen LogP contribution is 2.30. The molecule has 4 nitrogen and oxygen atoms in total. The molecular weight excluding hydrogens is 272 g/mol. The average molecular weight is 296 g/mol. The number of rotatable bonds is 8. The minimum Gasteiger partial charge on any atom is -0.316 e. The van der Waals surface area contributed by atoms with Gasteiger partial charge < -0.3 is 5.32 Å². The van der Waals surface area contributed by atoms with Crippen molar-refractivity contribution in [1.82, 2.24) is 9.62 Å². The van der Waals surface area contributed by atoms with Gasteiger partial charge in [-0.3, -0.25) is 0 Å². The van der Waals surface area contributed by atoms with E-state index >= 15 is 0 Å². The Morgan fingerprint density at radius 2 is 1.80 bits per heavy atom. The molecule has 112 valence electrons. The van der Waals surface area contributed by atoms with Crippen molar-refractivity contribution in [2.24, 2.45) is 5.92 Å². The van der Waals surface area contributed by atoms with Gasteiger partial charge in [0.15, 0.2) is 0 Å². The van der Waals surface area contributed by atoms with Crippen molar-refractivity contribution in [1.29, 1.82) is 0 Å². The summed E-state index contributed by atoms with van der Waals surface area (Å²) in [5, 5.41) is 3.08. The van der Waals surface area contributed by atoms with Crippen LogP contribution in [0.3, 0.4) is 0 Å². The van der Waals surface area contributed by atoms with Crippen molar-refractivity contribution in [2.45, 2.75) is 32.1 Å². The van der Waals surface area contributed by atoms with Crippen molar-refractivity contribution in [2.75, 3.05) is 20.1 Å². The molecule has 0 radical (unpaired) electrons. The van der Waals surface area contributed by atoms with E-state index in [9.17, 15) is 8.42 Å². The second-order valence-electron chi connectivity index (χ2n) is 5.50. The van der Waals surface area contributed by atoms with Gasteiger partial charge in [-0.15, -0.1) is 0 Å². The fourth-order valence-corrected chi connectivity index (χ4v) is 3.91. The van der Waals surface area contributed by atoms with Gasteiger partial charge in [-0.1, -0.05) is 31.2 Å². The Hall–Kier alpha value is -0.910. The van der Waals surface area contributed by atoms with Crippen LogP contribution in [0.2, 0.25) is 0 Å². The summed E-state index contributed by atoms with van der Waals surface area (Å²) in [6.45, 7) is 3.97. The van der Waals surface area contributed by atoms with Crippen LogP contribution in [-0.2, 0) is 22.3 Å². The topological polar surface area (TPSA) is 49.4 Å². The van der Waals surface area contributed by atoms with Crippen LogP contribution in [0.15, 0.2) is 24.3 Å². The van der Waals surface area contributed by atoms with E-state index in [0.29, 0.717) is 19.0 Å². The van der Waals surface area contributed by atoms with E-state index in [4.69, 9.17) is 0 Å². The largest absolute Gasteiger partial charge is 0.316 e. The minimum atomic E-state index is -3.19. The lowest BCUT2D eigenvalue weighted by atomic mass is 10.1. The molecule has 0 unspecified atom stereocenters. The summed E-state index contributed by atoms with van der Waals surface area (Å²) in [4.78, 5) is 0. The third kappa shape index (κ3) is 4.30. The van der Waals surface area contributed by atoms with Gasteiger partial charge in [0.1, 0.15) is 0 Å². The van der Waals surface area contributed by atoms with Gasteiger partial charge in [0.05, 0.1) is 5.75 Å². The molecule has 0 amide bonds. The second-order valence-corrected chi connectivity index (χ2v) is 7.47. The van der Waals surface area contributed by atoms with E-state index in [1.807, 2.05) is 38.2 Å². The van der Waals surface area contributed by atoms with Crippen LogP contribution in [0.5, 0.6) is 0 Å². The van der Waals surface area contributed by atoms with Crippen molar-refractivity contribution >= 4 is 10.0 Å². The molecule has 0 atom stereocenters. The van der Waals surface area contributed by atoms with E-state index in [1.54, 1.807) is 4.31 Å². The number of hydrogen-bond donors (Lipinski definition) is 1. The molecule has 0 bridgehead atoms. The molecule has 1 fully saturated rings. The van der Waals surface area contributed by atoms with Crippen LogP contribution in [0.1, 0.15) is 30.9 Å². The number of sulfonamides is 1. The molecule has 20 heavy (non-hydrogen) atoms. The molecule has 1 aliphatic rings. The molecule has 0 saturated heterocycles. The highest BCUT2D eigenvalue weighted by atomic mass is 32.2. The van der Waals surface area contributed by atoms with Crippen LogP contribution >= 0.6 is 0 Å². The molecule has 0 heterocycles. The summed E-state index contributed by atoms with van der Waals surface area (Å²) in [6.07, 6.45) is 2.34. The van der Waals surface area contributed by atoms with Crippen molar-refractivity contribution in [3.63, 3.8) is 0 Å². The molecular formula is C15H24N2O2S. The number of nitrogens with one attached hydrogen (secondary N) is 1. The highest BCUT2D eigenvalue weighted by molar-refractivity contribution is 7.88. The van der Waals surface area contributed by atoms with Crippen LogP contribution in [0, 0.1) is 5.92 Å². The molecule has 1 saturated carbocycles. The van der Waals surface area contributed by atoms with Gasteiger partial charge in [-0.2, -0.15) is 0 Å². The van der Waals surface area contributed by atoms with Crippen LogP contribution in [0.25, 0.3) is 0 Å². The fourth-order valence-electron chi connectivity index (χ4n) is 2.29. The maximum absolute atomic E-state index is 12.4. The van der Waals surface area contributed by atoms with E-state index in [2.05, 4.69) is 5.32 Å². The molecule has 5 heteroatoms. The molecule has 1 aromatic rings. The quantitative estimate of drug-likeness (QED) is 0.798. The third-order valence-corrected chi connectivity index (χ3v) is 5.55. The molecule has 1 N–H and O–H groups in total. The number of nitrogens with zero attached hydrogens (tertiary/aromatic N) is 1. The van der Waals surface area contributed by atoms with Crippen LogP contribution in [-0.4, -0.2) is 32.9 Å². The Bertz CT molecular complexity index is 521. The monoisotopic (exact) mass is 296 g/mol. The van der Waals surface area contributed by atoms with E-state index in [-0.39, 0.29) is 5.75 Å². The molecule has 0 aromatic heterocycles. The SMILES string of the molecule is CCN(CC1CC1)S(=O)(=O)Cc1ccc(CNC)cc1. The van der Waals surface area contributed by atoms with Crippen molar-refractivity contribution < 1.29 is 8.42 Å². The number of benzene rings is 1. The zero-order chi connectivity index (χ0) is 14.6. The summed E-state index contributed by atoms with van der Waals surface area (Å²) in [6, 6.07) is 7.79. The highest BCUT2D eigenvalue weighted by Gasteiger charge is 2.29. The smallest absolute Gasteiger partial charge is 0.218 e. The van der Waals surface area contributed by atoms with Crippen molar-refractivity contribution in [3.05, 3.63) is 35.4 Å². The zero-order valence-corrected chi connectivity index (χ0v) is 13.1. The first-order valence-electron chi connectivity index (χ1n) is 7.25. The Morgan fingerprint density at radius 3 is 2.30 bits per heavy atom. The zero-order valence-electron chi connectivity index (χ0n) is 12.3. The van der Waals surface area contributed by atoms with Gasteiger partial charge in [0, 0.05) is 19.6 Å². The van der Waals surface area contributed by atoms with Crippen molar-refractivity contribution in [3.8, 4) is 0 Å². The van der Waals surface area contributed by atoms with E-state index in [0.717, 1.165) is 12.1 Å². The molecule has 2 rings (SSSR count).